The summed E-state index contributed by atoms with van der Waals surface area (Å²) in [6.45, 7) is 4.71. The number of amides is 1. The summed E-state index contributed by atoms with van der Waals surface area (Å²) in [5.41, 5.74) is 2.59. The largest absolute Gasteiger partial charge is 0.481 e. The van der Waals surface area contributed by atoms with E-state index in [1.807, 2.05) is 49.0 Å². The molecule has 0 aliphatic rings. The van der Waals surface area contributed by atoms with Gasteiger partial charge in [-0.05, 0) is 41.8 Å². The zero-order valence-corrected chi connectivity index (χ0v) is 17.3. The van der Waals surface area contributed by atoms with E-state index in [4.69, 9.17) is 4.74 Å². The molecule has 3 rings (SSSR count). The van der Waals surface area contributed by atoms with Gasteiger partial charge in [0, 0.05) is 18.1 Å². The van der Waals surface area contributed by atoms with Crippen LogP contribution in [0.15, 0.2) is 66.7 Å². The van der Waals surface area contributed by atoms with Crippen LogP contribution in [-0.2, 0) is 10.5 Å². The van der Waals surface area contributed by atoms with Gasteiger partial charge in [0.2, 0.25) is 0 Å². The van der Waals surface area contributed by atoms with Crippen molar-refractivity contribution in [2.24, 2.45) is 0 Å². The van der Waals surface area contributed by atoms with Gasteiger partial charge in [0.05, 0.1) is 0 Å². The number of carbonyl (C=O) groups excluding carboxylic acids is 1. The number of hydrogen-bond donors (Lipinski definition) is 1. The van der Waals surface area contributed by atoms with Crippen LogP contribution in [0.5, 0.6) is 5.75 Å². The number of hydrogen-bond acceptors (Lipinski definition) is 3. The summed E-state index contributed by atoms with van der Waals surface area (Å²) >= 11 is 1.82. The molecule has 0 bridgehead atoms. The molecule has 0 saturated carbocycles. The van der Waals surface area contributed by atoms with Crippen molar-refractivity contribution in [2.75, 3.05) is 12.3 Å². The lowest BCUT2D eigenvalue weighted by molar-refractivity contribution is -0.127. The van der Waals surface area contributed by atoms with E-state index in [1.54, 1.807) is 0 Å². The summed E-state index contributed by atoms with van der Waals surface area (Å²) in [6, 6.07) is 22.7. The van der Waals surface area contributed by atoms with Crippen molar-refractivity contribution in [1.82, 2.24) is 5.32 Å². The summed E-state index contributed by atoms with van der Waals surface area (Å²) < 4.78 is 5.95. The highest BCUT2D eigenvalue weighted by atomic mass is 32.2. The maximum atomic E-state index is 12.5. The van der Waals surface area contributed by atoms with E-state index in [-0.39, 0.29) is 5.91 Å². The monoisotopic (exact) mass is 393 g/mol. The lowest BCUT2D eigenvalue weighted by atomic mass is 10.1. The molecule has 0 radical (unpaired) electrons. The average Bonchev–Trinajstić information content (AvgIpc) is 2.72. The van der Waals surface area contributed by atoms with E-state index in [9.17, 15) is 4.79 Å². The van der Waals surface area contributed by atoms with Gasteiger partial charge in [-0.2, -0.15) is 11.8 Å². The molecular formula is C24H27NO2S. The quantitative estimate of drug-likeness (QED) is 0.498. The molecular weight excluding hydrogens is 366 g/mol. The van der Waals surface area contributed by atoms with Gasteiger partial charge in [-0.25, -0.2) is 0 Å². The van der Waals surface area contributed by atoms with E-state index >= 15 is 0 Å². The molecule has 0 heterocycles. The highest BCUT2D eigenvalue weighted by molar-refractivity contribution is 7.98. The number of fused-ring (bicyclic) bond motifs is 1. The van der Waals surface area contributed by atoms with Crippen LogP contribution in [0.3, 0.4) is 0 Å². The molecule has 1 N–H and O–H groups in total. The summed E-state index contributed by atoms with van der Waals surface area (Å²) in [5, 5.41) is 5.28. The molecule has 28 heavy (non-hydrogen) atoms. The molecule has 0 spiro atoms. The van der Waals surface area contributed by atoms with Crippen molar-refractivity contribution in [2.45, 2.75) is 32.1 Å². The third-order valence-corrected chi connectivity index (χ3v) is 5.63. The van der Waals surface area contributed by atoms with Gasteiger partial charge in [0.15, 0.2) is 6.10 Å². The molecule has 146 valence electrons. The van der Waals surface area contributed by atoms with E-state index in [2.05, 4.69) is 48.6 Å². The molecule has 0 unspecified atom stereocenters. The van der Waals surface area contributed by atoms with Gasteiger partial charge in [0.25, 0.3) is 5.91 Å². The maximum absolute atomic E-state index is 12.5. The van der Waals surface area contributed by atoms with Gasteiger partial charge in [0.1, 0.15) is 5.75 Å². The second-order valence-electron chi connectivity index (χ2n) is 6.85. The van der Waals surface area contributed by atoms with E-state index in [0.29, 0.717) is 13.0 Å². The number of aryl methyl sites for hydroxylation is 1. The van der Waals surface area contributed by atoms with E-state index in [1.165, 1.54) is 11.1 Å². The highest BCUT2D eigenvalue weighted by Gasteiger charge is 2.17. The lowest BCUT2D eigenvalue weighted by Crippen LogP contribution is -2.39. The molecule has 1 amide bonds. The highest BCUT2D eigenvalue weighted by Crippen LogP contribution is 2.22. The number of ether oxygens (including phenoxy) is 1. The van der Waals surface area contributed by atoms with Crippen LogP contribution in [0.2, 0.25) is 0 Å². The van der Waals surface area contributed by atoms with Crippen LogP contribution in [0.25, 0.3) is 10.8 Å². The first kappa shape index (κ1) is 20.3. The van der Waals surface area contributed by atoms with Gasteiger partial charge < -0.3 is 10.1 Å². The Morgan fingerprint density at radius 3 is 2.54 bits per heavy atom. The number of carbonyl (C=O) groups is 1. The zero-order valence-electron chi connectivity index (χ0n) is 16.5. The molecule has 0 aliphatic heterocycles. The summed E-state index contributed by atoms with van der Waals surface area (Å²) in [5.74, 6) is 2.52. The molecule has 0 aliphatic carbocycles. The Kier molecular flexibility index (Phi) is 7.38. The van der Waals surface area contributed by atoms with Crippen molar-refractivity contribution in [3.63, 3.8) is 0 Å². The minimum Gasteiger partial charge on any atom is -0.481 e. The number of nitrogens with one attached hydrogen (secondary N) is 1. The molecule has 3 aromatic carbocycles. The van der Waals surface area contributed by atoms with E-state index < -0.39 is 6.10 Å². The normalized spacial score (nSPS) is 11.9. The second kappa shape index (κ2) is 10.2. The molecule has 3 nitrogen and oxygen atoms in total. The first-order valence-corrected chi connectivity index (χ1v) is 10.9. The topological polar surface area (TPSA) is 38.3 Å². The van der Waals surface area contributed by atoms with Gasteiger partial charge >= 0.3 is 0 Å². The Labute approximate surface area is 171 Å². The fraction of sp³-hybridized carbons (Fsp3) is 0.292. The van der Waals surface area contributed by atoms with Crippen LogP contribution in [0.4, 0.5) is 0 Å². The molecule has 4 heteroatoms. The van der Waals surface area contributed by atoms with Crippen molar-refractivity contribution in [3.05, 3.63) is 77.9 Å². The Morgan fingerprint density at radius 2 is 1.79 bits per heavy atom. The van der Waals surface area contributed by atoms with Gasteiger partial charge in [-0.3, -0.25) is 4.79 Å². The minimum absolute atomic E-state index is 0.0494. The molecule has 3 aromatic rings. The Bertz CT molecular complexity index is 908. The Morgan fingerprint density at radius 1 is 1.04 bits per heavy atom. The standard InChI is InChI=1S/C24H27NO2S/c1-3-23(27-22-13-12-20-6-4-5-7-21(20)16-22)24(26)25-14-15-28-17-19-10-8-18(2)9-11-19/h4-13,16,23H,3,14-15,17H2,1-2H3,(H,25,26)/t23-/m0/s1. The molecule has 0 saturated heterocycles. The van der Waals surface area contributed by atoms with Crippen LogP contribution < -0.4 is 10.1 Å². The third kappa shape index (κ3) is 5.77. The minimum atomic E-state index is -0.469. The van der Waals surface area contributed by atoms with Crippen LogP contribution in [0, 0.1) is 6.92 Å². The Hall–Kier alpha value is -2.46. The summed E-state index contributed by atoms with van der Waals surface area (Å²) in [6.07, 6.45) is 0.165. The van der Waals surface area contributed by atoms with Crippen molar-refractivity contribution in [1.29, 1.82) is 0 Å². The van der Waals surface area contributed by atoms with Gasteiger partial charge in [-0.1, -0.05) is 67.1 Å². The van der Waals surface area contributed by atoms with Crippen molar-refractivity contribution < 1.29 is 9.53 Å². The number of rotatable bonds is 9. The SMILES string of the molecule is CC[C@H](Oc1ccc2ccccc2c1)C(=O)NCCSCc1ccc(C)cc1. The molecule has 0 aromatic heterocycles. The number of benzene rings is 3. The van der Waals surface area contributed by atoms with Gasteiger partial charge in [-0.15, -0.1) is 0 Å². The first-order chi connectivity index (χ1) is 13.7. The van der Waals surface area contributed by atoms with E-state index in [0.717, 1.165) is 28.0 Å². The predicted molar refractivity (Wildman–Crippen MR) is 119 cm³/mol. The lowest BCUT2D eigenvalue weighted by Gasteiger charge is -2.17. The zero-order chi connectivity index (χ0) is 19.8. The molecule has 1 atom stereocenters. The Balaban J connectivity index is 1.44. The smallest absolute Gasteiger partial charge is 0.261 e. The van der Waals surface area contributed by atoms with Crippen LogP contribution in [0.1, 0.15) is 24.5 Å². The molecule has 0 fully saturated rings. The summed E-state index contributed by atoms with van der Waals surface area (Å²) in [7, 11) is 0. The fourth-order valence-electron chi connectivity index (χ4n) is 2.96. The maximum Gasteiger partial charge on any atom is 0.261 e. The third-order valence-electron chi connectivity index (χ3n) is 4.60. The fourth-order valence-corrected chi connectivity index (χ4v) is 3.78. The number of thioether (sulfide) groups is 1. The van der Waals surface area contributed by atoms with Crippen molar-refractivity contribution in [3.8, 4) is 5.75 Å². The second-order valence-corrected chi connectivity index (χ2v) is 7.96. The first-order valence-electron chi connectivity index (χ1n) is 9.72. The van der Waals surface area contributed by atoms with Crippen LogP contribution in [-0.4, -0.2) is 24.3 Å². The van der Waals surface area contributed by atoms with Crippen LogP contribution >= 0.6 is 11.8 Å². The summed E-state index contributed by atoms with van der Waals surface area (Å²) in [4.78, 5) is 12.5. The van der Waals surface area contributed by atoms with Crippen molar-refractivity contribution >= 4 is 28.4 Å². The predicted octanol–water partition coefficient (Wildman–Crippen LogP) is 5.36. The average molecular weight is 394 g/mol.